The van der Waals surface area contributed by atoms with E-state index < -0.39 is 17.4 Å². The Bertz CT molecular complexity index is 945. The minimum atomic E-state index is -2.96. The number of aromatic nitrogens is 1. The summed E-state index contributed by atoms with van der Waals surface area (Å²) in [6.45, 7) is 0.688. The molecule has 1 aliphatic rings. The van der Waals surface area contributed by atoms with E-state index in [4.69, 9.17) is 4.74 Å². The number of rotatable bonds is 6. The first kappa shape index (κ1) is 20.3. The van der Waals surface area contributed by atoms with Crippen LogP contribution in [0.1, 0.15) is 23.4 Å². The van der Waals surface area contributed by atoms with E-state index >= 15 is 0 Å². The third-order valence-electron chi connectivity index (χ3n) is 4.40. The number of ether oxygens (including phenoxy) is 2. The molecule has 8 heteroatoms. The van der Waals surface area contributed by atoms with Gasteiger partial charge >= 0.3 is 6.61 Å². The molecule has 1 aliphatic heterocycles. The standard InChI is InChI=1S/C20H21F2NO4S/c1-13-9-16(24)10-14(2)23(13)7-5-15-3-4-18(27-20(21)22)19(11-15)26-17-6-8-28(25)12-17/h3-5,7,9-11,17,20H,6,8,12H2,1-2H3/b7-5+/t17-,28+/m0/s1. The van der Waals surface area contributed by atoms with E-state index in [-0.39, 0.29) is 23.0 Å². The summed E-state index contributed by atoms with van der Waals surface area (Å²) in [6, 6.07) is 7.75. The molecular weight excluding hydrogens is 388 g/mol. The van der Waals surface area contributed by atoms with Crippen molar-refractivity contribution in [2.45, 2.75) is 33.0 Å². The SMILES string of the molecule is Cc1cc(=O)cc(C)n1/C=C/c1ccc(OC(F)F)c(O[C@H]2CC[S@@](=O)C2)c1. The molecule has 2 atom stereocenters. The number of aryl methyl sites for hydroxylation is 2. The fourth-order valence-electron chi connectivity index (χ4n) is 3.09. The second kappa shape index (κ2) is 8.68. The predicted octanol–water partition coefficient (Wildman–Crippen LogP) is 3.59. The molecule has 0 bridgehead atoms. The lowest BCUT2D eigenvalue weighted by Gasteiger charge is -2.16. The van der Waals surface area contributed by atoms with E-state index in [0.29, 0.717) is 23.5 Å². The second-order valence-electron chi connectivity index (χ2n) is 6.58. The van der Waals surface area contributed by atoms with Crippen LogP contribution in [0.25, 0.3) is 12.3 Å². The minimum Gasteiger partial charge on any atom is -0.486 e. The van der Waals surface area contributed by atoms with Gasteiger partial charge in [0.15, 0.2) is 16.9 Å². The van der Waals surface area contributed by atoms with Crippen LogP contribution >= 0.6 is 0 Å². The van der Waals surface area contributed by atoms with E-state index in [2.05, 4.69) is 4.74 Å². The van der Waals surface area contributed by atoms with Crippen molar-refractivity contribution in [1.29, 1.82) is 0 Å². The smallest absolute Gasteiger partial charge is 0.387 e. The van der Waals surface area contributed by atoms with Crippen molar-refractivity contribution in [2.24, 2.45) is 0 Å². The molecule has 3 rings (SSSR count). The minimum absolute atomic E-state index is 0.0550. The maximum atomic E-state index is 12.7. The Morgan fingerprint density at radius 1 is 1.18 bits per heavy atom. The van der Waals surface area contributed by atoms with Crippen molar-refractivity contribution in [3.8, 4) is 11.5 Å². The summed E-state index contributed by atoms with van der Waals surface area (Å²) in [5.41, 5.74) is 2.22. The average molecular weight is 409 g/mol. The van der Waals surface area contributed by atoms with Crippen molar-refractivity contribution in [3.63, 3.8) is 0 Å². The third kappa shape index (κ3) is 5.07. The number of benzene rings is 1. The highest BCUT2D eigenvalue weighted by atomic mass is 32.2. The van der Waals surface area contributed by atoms with Crippen molar-refractivity contribution in [1.82, 2.24) is 4.57 Å². The van der Waals surface area contributed by atoms with E-state index in [1.165, 1.54) is 18.2 Å². The van der Waals surface area contributed by atoms with Gasteiger partial charge in [-0.25, -0.2) is 0 Å². The van der Waals surface area contributed by atoms with Gasteiger partial charge in [-0.1, -0.05) is 6.07 Å². The van der Waals surface area contributed by atoms with Crippen molar-refractivity contribution in [3.05, 3.63) is 57.5 Å². The summed E-state index contributed by atoms with van der Waals surface area (Å²) in [7, 11) is -0.942. The normalized spacial score (nSPS) is 19.5. The zero-order valence-electron chi connectivity index (χ0n) is 15.6. The van der Waals surface area contributed by atoms with Gasteiger partial charge in [0.25, 0.3) is 0 Å². The Kier molecular flexibility index (Phi) is 6.28. The maximum absolute atomic E-state index is 12.7. The van der Waals surface area contributed by atoms with Gasteiger partial charge in [-0.15, -0.1) is 0 Å². The van der Waals surface area contributed by atoms with Gasteiger partial charge in [0.05, 0.1) is 5.75 Å². The third-order valence-corrected chi connectivity index (χ3v) is 5.83. The summed E-state index contributed by atoms with van der Waals surface area (Å²) in [6.07, 6.45) is 3.90. The number of halogens is 2. The fourth-order valence-corrected chi connectivity index (χ4v) is 4.43. The molecule has 1 saturated heterocycles. The van der Waals surface area contributed by atoms with Crippen LogP contribution in [0.3, 0.4) is 0 Å². The molecule has 0 unspecified atom stereocenters. The number of hydrogen-bond acceptors (Lipinski definition) is 4. The summed E-state index contributed by atoms with van der Waals surface area (Å²) in [5.74, 6) is 1.06. The number of nitrogens with zero attached hydrogens (tertiary/aromatic N) is 1. The van der Waals surface area contributed by atoms with Crippen LogP contribution in [0.2, 0.25) is 0 Å². The van der Waals surface area contributed by atoms with Crippen molar-refractivity contribution >= 4 is 23.1 Å². The zero-order chi connectivity index (χ0) is 20.3. The van der Waals surface area contributed by atoms with Gasteiger partial charge in [-0.2, -0.15) is 8.78 Å². The first-order valence-electron chi connectivity index (χ1n) is 8.80. The van der Waals surface area contributed by atoms with Crippen LogP contribution in [-0.4, -0.2) is 33.0 Å². The summed E-state index contributed by atoms with van der Waals surface area (Å²) in [5, 5.41) is 0. The molecule has 0 spiro atoms. The molecule has 2 heterocycles. The quantitative estimate of drug-likeness (QED) is 0.732. The number of alkyl halides is 2. The highest BCUT2D eigenvalue weighted by Gasteiger charge is 2.24. The number of pyridine rings is 1. The first-order valence-corrected chi connectivity index (χ1v) is 10.3. The van der Waals surface area contributed by atoms with Crippen molar-refractivity contribution in [2.75, 3.05) is 11.5 Å². The largest absolute Gasteiger partial charge is 0.486 e. The summed E-state index contributed by atoms with van der Waals surface area (Å²) < 4.78 is 49.2. The lowest BCUT2D eigenvalue weighted by Crippen LogP contribution is -2.17. The van der Waals surface area contributed by atoms with E-state index in [9.17, 15) is 17.8 Å². The molecule has 1 aromatic carbocycles. The Morgan fingerprint density at radius 2 is 1.89 bits per heavy atom. The monoisotopic (exact) mass is 409 g/mol. The molecule has 5 nitrogen and oxygen atoms in total. The Labute approximate surface area is 164 Å². The lowest BCUT2D eigenvalue weighted by atomic mass is 10.2. The van der Waals surface area contributed by atoms with Crippen molar-refractivity contribution < 1.29 is 22.5 Å². The molecule has 0 aliphatic carbocycles. The molecule has 1 aromatic heterocycles. The Balaban J connectivity index is 1.88. The van der Waals surface area contributed by atoms with E-state index in [1.807, 2.05) is 18.4 Å². The highest BCUT2D eigenvalue weighted by molar-refractivity contribution is 7.85. The molecule has 0 amide bonds. The Hall–Kier alpha value is -2.48. The fraction of sp³-hybridized carbons (Fsp3) is 0.350. The lowest BCUT2D eigenvalue weighted by molar-refractivity contribution is -0.0519. The topological polar surface area (TPSA) is 57.5 Å². The second-order valence-corrected chi connectivity index (χ2v) is 8.20. The number of hydrogen-bond donors (Lipinski definition) is 0. The highest BCUT2D eigenvalue weighted by Crippen LogP contribution is 2.32. The van der Waals surface area contributed by atoms with Crippen LogP contribution in [0.4, 0.5) is 8.78 Å². The van der Waals surface area contributed by atoms with Crippen LogP contribution in [0, 0.1) is 13.8 Å². The van der Waals surface area contributed by atoms with E-state index in [0.717, 1.165) is 11.4 Å². The summed E-state index contributed by atoms with van der Waals surface area (Å²) >= 11 is 0. The summed E-state index contributed by atoms with van der Waals surface area (Å²) in [4.78, 5) is 11.5. The van der Waals surface area contributed by atoms with Gasteiger partial charge in [0.1, 0.15) is 6.10 Å². The van der Waals surface area contributed by atoms with Crippen LogP contribution < -0.4 is 14.9 Å². The average Bonchev–Trinajstić information content (AvgIpc) is 3.00. The van der Waals surface area contributed by atoms with Gasteiger partial charge in [0.2, 0.25) is 0 Å². The maximum Gasteiger partial charge on any atom is 0.387 e. The van der Waals surface area contributed by atoms with Gasteiger partial charge in [-0.05, 0) is 44.0 Å². The van der Waals surface area contributed by atoms with Gasteiger partial charge < -0.3 is 14.0 Å². The van der Waals surface area contributed by atoms with Gasteiger partial charge in [0, 0.05) is 46.3 Å². The van der Waals surface area contributed by atoms with Crippen LogP contribution in [0.15, 0.2) is 35.1 Å². The molecule has 0 N–H and O–H groups in total. The molecule has 0 radical (unpaired) electrons. The molecule has 28 heavy (non-hydrogen) atoms. The molecule has 1 fully saturated rings. The molecular formula is C20H21F2NO4S. The van der Waals surface area contributed by atoms with Crippen LogP contribution in [-0.2, 0) is 10.8 Å². The zero-order valence-corrected chi connectivity index (χ0v) is 16.4. The predicted molar refractivity (Wildman–Crippen MR) is 105 cm³/mol. The first-order chi connectivity index (χ1) is 13.3. The molecule has 150 valence electrons. The Morgan fingerprint density at radius 3 is 2.50 bits per heavy atom. The van der Waals surface area contributed by atoms with E-state index in [1.54, 1.807) is 24.4 Å². The van der Waals surface area contributed by atoms with Crippen LogP contribution in [0.5, 0.6) is 11.5 Å². The molecule has 0 saturated carbocycles. The molecule has 2 aromatic rings. The van der Waals surface area contributed by atoms with Gasteiger partial charge in [-0.3, -0.25) is 9.00 Å².